The summed E-state index contributed by atoms with van der Waals surface area (Å²) in [6.07, 6.45) is 4.66. The fourth-order valence-corrected chi connectivity index (χ4v) is 3.19. The molecule has 0 unspecified atom stereocenters. The molecule has 4 heteroatoms. The Labute approximate surface area is 131 Å². The summed E-state index contributed by atoms with van der Waals surface area (Å²) in [4.78, 5) is 27.3. The third kappa shape index (κ3) is 2.62. The lowest BCUT2D eigenvalue weighted by Gasteiger charge is -2.30. The molecule has 1 heterocycles. The SMILES string of the molecule is Cc1cccc(NC(=O)C2(C(=O)N3CCCCC3)CC2)c1C. The molecule has 1 N–H and O–H groups in total. The van der Waals surface area contributed by atoms with E-state index in [0.29, 0.717) is 12.8 Å². The van der Waals surface area contributed by atoms with Gasteiger partial charge in [0.2, 0.25) is 11.8 Å². The van der Waals surface area contributed by atoms with Gasteiger partial charge in [0, 0.05) is 18.8 Å². The van der Waals surface area contributed by atoms with Crippen LogP contribution in [0, 0.1) is 19.3 Å². The highest BCUT2D eigenvalue weighted by atomic mass is 16.2. The van der Waals surface area contributed by atoms with Crippen LogP contribution in [0.15, 0.2) is 18.2 Å². The molecule has 1 saturated carbocycles. The number of rotatable bonds is 3. The molecule has 0 atom stereocenters. The highest BCUT2D eigenvalue weighted by Gasteiger charge is 2.58. The van der Waals surface area contributed by atoms with Gasteiger partial charge < -0.3 is 10.2 Å². The zero-order chi connectivity index (χ0) is 15.7. The molecule has 4 nitrogen and oxygen atoms in total. The number of carbonyl (C=O) groups is 2. The number of likely N-dealkylation sites (tertiary alicyclic amines) is 1. The maximum Gasteiger partial charge on any atom is 0.240 e. The standard InChI is InChI=1S/C18H24N2O2/c1-13-7-6-8-15(14(13)2)19-16(21)18(9-10-18)17(22)20-11-4-3-5-12-20/h6-8H,3-5,9-12H2,1-2H3,(H,19,21). The van der Waals surface area contributed by atoms with Gasteiger partial charge in [0.1, 0.15) is 5.41 Å². The molecule has 1 aliphatic heterocycles. The molecule has 22 heavy (non-hydrogen) atoms. The normalized spacial score (nSPS) is 19.6. The monoisotopic (exact) mass is 300 g/mol. The molecule has 2 aliphatic rings. The van der Waals surface area contributed by atoms with Crippen LogP contribution in [0.3, 0.4) is 0 Å². The van der Waals surface area contributed by atoms with Gasteiger partial charge in [0.15, 0.2) is 0 Å². The number of carbonyl (C=O) groups excluding carboxylic acids is 2. The highest BCUT2D eigenvalue weighted by Crippen LogP contribution is 2.48. The van der Waals surface area contributed by atoms with Crippen molar-refractivity contribution in [2.24, 2.45) is 5.41 Å². The minimum Gasteiger partial charge on any atom is -0.342 e. The molecular formula is C18H24N2O2. The molecule has 0 bridgehead atoms. The highest BCUT2D eigenvalue weighted by molar-refractivity contribution is 6.13. The first kappa shape index (κ1) is 15.1. The first-order valence-corrected chi connectivity index (χ1v) is 8.22. The minimum absolute atomic E-state index is 0.0370. The van der Waals surface area contributed by atoms with Crippen molar-refractivity contribution >= 4 is 17.5 Å². The van der Waals surface area contributed by atoms with E-state index in [1.54, 1.807) is 0 Å². The predicted octanol–water partition coefficient (Wildman–Crippen LogP) is 3.03. The first-order valence-electron chi connectivity index (χ1n) is 8.22. The van der Waals surface area contributed by atoms with E-state index in [4.69, 9.17) is 0 Å². The molecule has 0 aromatic heterocycles. The van der Waals surface area contributed by atoms with Gasteiger partial charge in [-0.25, -0.2) is 0 Å². The summed E-state index contributed by atoms with van der Waals surface area (Å²) in [5, 5.41) is 2.99. The van der Waals surface area contributed by atoms with Gasteiger partial charge in [-0.1, -0.05) is 12.1 Å². The van der Waals surface area contributed by atoms with Crippen LogP contribution in [-0.4, -0.2) is 29.8 Å². The summed E-state index contributed by atoms with van der Waals surface area (Å²) >= 11 is 0. The average Bonchev–Trinajstić information content (AvgIpc) is 3.34. The van der Waals surface area contributed by atoms with Crippen molar-refractivity contribution in [2.45, 2.75) is 46.0 Å². The smallest absolute Gasteiger partial charge is 0.240 e. The number of nitrogens with zero attached hydrogens (tertiary/aromatic N) is 1. The second kappa shape index (κ2) is 5.75. The fraction of sp³-hybridized carbons (Fsp3) is 0.556. The maximum atomic E-state index is 12.7. The lowest BCUT2D eigenvalue weighted by Crippen LogP contribution is -2.45. The van der Waals surface area contributed by atoms with Crippen LogP contribution in [0.1, 0.15) is 43.2 Å². The van der Waals surface area contributed by atoms with Gasteiger partial charge in [-0.3, -0.25) is 9.59 Å². The lowest BCUT2D eigenvalue weighted by molar-refractivity contribution is -0.143. The fourth-order valence-electron chi connectivity index (χ4n) is 3.19. The van der Waals surface area contributed by atoms with E-state index in [2.05, 4.69) is 5.32 Å². The number of anilines is 1. The number of benzene rings is 1. The van der Waals surface area contributed by atoms with Gasteiger partial charge >= 0.3 is 0 Å². The topological polar surface area (TPSA) is 49.4 Å². The van der Waals surface area contributed by atoms with Crippen molar-refractivity contribution in [1.29, 1.82) is 0 Å². The molecule has 2 amide bonds. The van der Waals surface area contributed by atoms with Crippen molar-refractivity contribution in [3.8, 4) is 0 Å². The van der Waals surface area contributed by atoms with E-state index < -0.39 is 5.41 Å². The summed E-state index contributed by atoms with van der Waals surface area (Å²) in [7, 11) is 0. The first-order chi connectivity index (χ1) is 10.5. The largest absolute Gasteiger partial charge is 0.342 e. The van der Waals surface area contributed by atoms with Crippen LogP contribution in [-0.2, 0) is 9.59 Å². The molecule has 0 radical (unpaired) electrons. The lowest BCUT2D eigenvalue weighted by atomic mass is 10.0. The predicted molar refractivity (Wildman–Crippen MR) is 86.6 cm³/mol. The van der Waals surface area contributed by atoms with E-state index in [0.717, 1.165) is 42.7 Å². The zero-order valence-corrected chi connectivity index (χ0v) is 13.4. The second-order valence-electron chi connectivity index (χ2n) is 6.64. The van der Waals surface area contributed by atoms with Crippen LogP contribution >= 0.6 is 0 Å². The molecule has 2 fully saturated rings. The Morgan fingerprint density at radius 1 is 1.09 bits per heavy atom. The third-order valence-electron chi connectivity index (χ3n) is 5.09. The van der Waals surface area contributed by atoms with E-state index in [1.807, 2.05) is 36.9 Å². The molecule has 1 aliphatic carbocycles. The summed E-state index contributed by atoms with van der Waals surface area (Å²) < 4.78 is 0. The third-order valence-corrected chi connectivity index (χ3v) is 5.09. The van der Waals surface area contributed by atoms with Gasteiger partial charge in [-0.15, -0.1) is 0 Å². The van der Waals surface area contributed by atoms with Crippen LogP contribution in [0.4, 0.5) is 5.69 Å². The van der Waals surface area contributed by atoms with E-state index in [9.17, 15) is 9.59 Å². The molecule has 1 aromatic rings. The van der Waals surface area contributed by atoms with Crippen LogP contribution in [0.5, 0.6) is 0 Å². The van der Waals surface area contributed by atoms with Crippen molar-refractivity contribution in [3.05, 3.63) is 29.3 Å². The average molecular weight is 300 g/mol. The van der Waals surface area contributed by atoms with Crippen molar-refractivity contribution in [2.75, 3.05) is 18.4 Å². The Morgan fingerprint density at radius 2 is 1.77 bits per heavy atom. The van der Waals surface area contributed by atoms with Gasteiger partial charge in [0.05, 0.1) is 0 Å². The maximum absolute atomic E-state index is 12.7. The number of hydrogen-bond acceptors (Lipinski definition) is 2. The Hall–Kier alpha value is -1.84. The summed E-state index contributed by atoms with van der Waals surface area (Å²) in [6, 6.07) is 5.86. The quantitative estimate of drug-likeness (QED) is 0.872. The van der Waals surface area contributed by atoms with Crippen LogP contribution in [0.2, 0.25) is 0 Å². The Balaban J connectivity index is 1.73. The molecule has 0 spiro atoms. The molecule has 1 saturated heterocycles. The van der Waals surface area contributed by atoms with Crippen molar-refractivity contribution < 1.29 is 9.59 Å². The molecular weight excluding hydrogens is 276 g/mol. The van der Waals surface area contributed by atoms with E-state index in [-0.39, 0.29) is 11.8 Å². The number of nitrogens with one attached hydrogen (secondary N) is 1. The van der Waals surface area contributed by atoms with Crippen molar-refractivity contribution in [1.82, 2.24) is 4.90 Å². The zero-order valence-electron chi connectivity index (χ0n) is 13.4. The summed E-state index contributed by atoms with van der Waals surface area (Å²) in [5.74, 6) is -0.0909. The van der Waals surface area contributed by atoms with Crippen LogP contribution in [0.25, 0.3) is 0 Å². The molecule has 3 rings (SSSR count). The Morgan fingerprint density at radius 3 is 2.41 bits per heavy atom. The molecule has 1 aromatic carbocycles. The number of amides is 2. The summed E-state index contributed by atoms with van der Waals surface area (Å²) in [5.41, 5.74) is 2.23. The van der Waals surface area contributed by atoms with E-state index in [1.165, 1.54) is 6.42 Å². The second-order valence-corrected chi connectivity index (χ2v) is 6.64. The van der Waals surface area contributed by atoms with E-state index >= 15 is 0 Å². The number of piperidine rings is 1. The number of hydrogen-bond donors (Lipinski definition) is 1. The summed E-state index contributed by atoms with van der Waals surface area (Å²) in [6.45, 7) is 5.63. The molecule has 118 valence electrons. The minimum atomic E-state index is -0.798. The number of aryl methyl sites for hydroxylation is 1. The Bertz CT molecular complexity index is 599. The van der Waals surface area contributed by atoms with Crippen LogP contribution < -0.4 is 5.32 Å². The van der Waals surface area contributed by atoms with Gasteiger partial charge in [-0.2, -0.15) is 0 Å². The Kier molecular flexibility index (Phi) is 3.94. The van der Waals surface area contributed by atoms with Gasteiger partial charge in [0.25, 0.3) is 0 Å². The van der Waals surface area contributed by atoms with Crippen molar-refractivity contribution in [3.63, 3.8) is 0 Å². The van der Waals surface area contributed by atoms with Gasteiger partial charge in [-0.05, 0) is 63.1 Å².